The van der Waals surface area contributed by atoms with Crippen LogP contribution >= 0.6 is 0 Å². The van der Waals surface area contributed by atoms with E-state index in [0.717, 1.165) is 23.8 Å². The first kappa shape index (κ1) is 27.3. The molecule has 4 rings (SSSR count). The Bertz CT molecular complexity index is 1120. The maximum atomic E-state index is 13.4. The fourth-order valence-corrected chi connectivity index (χ4v) is 2.72. The predicted molar refractivity (Wildman–Crippen MR) is 114 cm³/mol. The topological polar surface area (TPSA) is 44.6 Å². The van der Waals surface area contributed by atoms with Gasteiger partial charge in [-0.3, -0.25) is 4.98 Å². The van der Waals surface area contributed by atoms with Crippen LogP contribution < -0.4 is 5.01 Å². The van der Waals surface area contributed by atoms with Crippen molar-refractivity contribution in [3.8, 4) is 11.3 Å². The van der Waals surface area contributed by atoms with Gasteiger partial charge in [0, 0.05) is 6.20 Å². The van der Waals surface area contributed by atoms with Crippen molar-refractivity contribution >= 4 is 12.0 Å². The third-order valence-electron chi connectivity index (χ3n) is 4.47. The molecule has 3 heterocycles. The van der Waals surface area contributed by atoms with E-state index < -0.39 is 23.6 Å². The van der Waals surface area contributed by atoms with Gasteiger partial charge in [-0.25, -0.2) is 8.78 Å². The van der Waals surface area contributed by atoms with E-state index in [1.807, 2.05) is 19.9 Å². The number of nitrogens with zero attached hydrogens (tertiary/aromatic N) is 5. The summed E-state index contributed by atoms with van der Waals surface area (Å²) in [5.41, 5.74) is 1.30. The first-order valence-corrected chi connectivity index (χ1v) is 9.74. The van der Waals surface area contributed by atoms with Crippen LogP contribution in [0.15, 0.2) is 47.7 Å². The van der Waals surface area contributed by atoms with E-state index in [0.29, 0.717) is 17.3 Å². The largest absolute Gasteiger partial charge is 3.00 e. The molecule has 0 bridgehead atoms. The molecule has 0 saturated heterocycles. The van der Waals surface area contributed by atoms with E-state index in [-0.39, 0.29) is 25.7 Å². The van der Waals surface area contributed by atoms with E-state index in [1.54, 1.807) is 37.2 Å². The maximum Gasteiger partial charge on any atom is 3.00 e. The van der Waals surface area contributed by atoms with Crippen LogP contribution in [0.1, 0.15) is 30.9 Å². The maximum absolute atomic E-state index is 13.4. The van der Waals surface area contributed by atoms with Gasteiger partial charge in [-0.15, -0.1) is 18.8 Å². The Kier molecular flexibility index (Phi) is 9.23. The van der Waals surface area contributed by atoms with Crippen LogP contribution in [0.25, 0.3) is 11.3 Å². The van der Waals surface area contributed by atoms with Gasteiger partial charge in [0.25, 0.3) is 0 Å². The molecule has 1 aliphatic heterocycles. The molecule has 0 atom stereocenters. The molecule has 11 heteroatoms. The van der Waals surface area contributed by atoms with Crippen molar-refractivity contribution in [1.82, 2.24) is 14.9 Å². The number of hydrogen-bond donors (Lipinski definition) is 0. The summed E-state index contributed by atoms with van der Waals surface area (Å²) >= 11 is 0. The number of aromatic nitrogens is 2. The number of hydrazone groups is 1. The van der Waals surface area contributed by atoms with E-state index in [1.165, 1.54) is 11.1 Å². The molecule has 34 heavy (non-hydrogen) atoms. The number of rotatable bonds is 3. The zero-order chi connectivity index (χ0) is 24.2. The van der Waals surface area contributed by atoms with Gasteiger partial charge in [-0.2, -0.15) is 36.5 Å². The number of halogens is 5. The molecule has 2 aromatic heterocycles. The molecule has 0 aliphatic carbocycles. The molecule has 0 saturated carbocycles. The summed E-state index contributed by atoms with van der Waals surface area (Å²) in [7, 11) is 1.77. The van der Waals surface area contributed by atoms with E-state index in [2.05, 4.69) is 27.2 Å². The Morgan fingerprint density at radius 2 is 1.79 bits per heavy atom. The van der Waals surface area contributed by atoms with Gasteiger partial charge in [-0.1, -0.05) is 48.4 Å². The van der Waals surface area contributed by atoms with Crippen LogP contribution in [0, 0.1) is 30.7 Å². The van der Waals surface area contributed by atoms with Gasteiger partial charge < -0.3 is 14.9 Å². The Hall–Kier alpha value is -2.91. The number of benzene rings is 1. The molecule has 180 valence electrons. The SMILES string of the molecule is CC(C)c1ccnc(-c2[c-]cc(F)nc2F)c1.CN1C=NN(c2[c-]cc(C(F)(F)F)cc2)[CH-]1.[Ir+3]. The monoisotopic (exact) mass is 653 g/mol. The summed E-state index contributed by atoms with van der Waals surface area (Å²) in [6.07, 6.45) is -1.18. The average molecular weight is 653 g/mol. The molecule has 0 radical (unpaired) electrons. The van der Waals surface area contributed by atoms with Gasteiger partial charge in [0.05, 0.1) is 6.34 Å². The molecule has 1 aromatic carbocycles. The number of anilines is 1. The zero-order valence-electron chi connectivity index (χ0n) is 18.2. The standard InChI is InChI=1S/C13H11F2N2.C10H8F3N3.Ir/c1-8(2)9-5-6-16-11(7-9)10-3-4-12(14)17-13(10)15;1-15-6-14-16(7-15)9-4-2-8(3-5-9)10(11,12)13;/h4-8H,1-2H3;2-4,6-7H,1H3;/q-1;-2;+3. The number of pyridine rings is 2. The molecular formula is C23H19F5IrN5. The molecule has 5 nitrogen and oxygen atoms in total. The van der Waals surface area contributed by atoms with Crippen molar-refractivity contribution in [3.05, 3.63) is 84.4 Å². The van der Waals surface area contributed by atoms with Crippen LogP contribution in [0.4, 0.5) is 27.6 Å². The fraction of sp³-hybridized carbons (Fsp3) is 0.217. The van der Waals surface area contributed by atoms with Crippen molar-refractivity contribution < 1.29 is 42.1 Å². The van der Waals surface area contributed by atoms with Crippen molar-refractivity contribution in [2.24, 2.45) is 5.10 Å². The molecule has 0 unspecified atom stereocenters. The normalized spacial score (nSPS) is 13.0. The second kappa shape index (κ2) is 11.5. The molecule has 0 spiro atoms. The third kappa shape index (κ3) is 7.04. The van der Waals surface area contributed by atoms with Crippen LogP contribution in [-0.2, 0) is 26.3 Å². The van der Waals surface area contributed by atoms with Crippen LogP contribution in [-0.4, -0.2) is 28.3 Å². The van der Waals surface area contributed by atoms with Gasteiger partial charge in [0.2, 0.25) is 0 Å². The molecule has 1 aliphatic rings. The summed E-state index contributed by atoms with van der Waals surface area (Å²) < 4.78 is 63.0. The van der Waals surface area contributed by atoms with E-state index >= 15 is 0 Å². The van der Waals surface area contributed by atoms with Gasteiger partial charge in [0.1, 0.15) is 11.9 Å². The van der Waals surface area contributed by atoms with Gasteiger partial charge in [-0.05, 0) is 24.7 Å². The molecule has 0 fully saturated rings. The minimum absolute atomic E-state index is 0. The minimum Gasteiger partial charge on any atom is -0.493 e. The molecule has 0 N–H and O–H groups in total. The molecule has 0 amide bonds. The van der Waals surface area contributed by atoms with Gasteiger partial charge in [0.15, 0.2) is 0 Å². The van der Waals surface area contributed by atoms with E-state index in [4.69, 9.17) is 0 Å². The van der Waals surface area contributed by atoms with E-state index in [9.17, 15) is 22.0 Å². The van der Waals surface area contributed by atoms with Crippen LogP contribution in [0.5, 0.6) is 0 Å². The Labute approximate surface area is 207 Å². The second-order valence-corrected chi connectivity index (χ2v) is 7.33. The molecule has 3 aromatic rings. The fourth-order valence-electron chi connectivity index (χ4n) is 2.72. The summed E-state index contributed by atoms with van der Waals surface area (Å²) in [6, 6.07) is 12.9. The quantitative estimate of drug-likeness (QED) is 0.208. The van der Waals surface area contributed by atoms with Crippen LogP contribution in [0.3, 0.4) is 0 Å². The summed E-state index contributed by atoms with van der Waals surface area (Å²) in [6.45, 7) is 5.70. The smallest absolute Gasteiger partial charge is 0.493 e. The number of alkyl halides is 3. The first-order chi connectivity index (χ1) is 15.5. The molecular weight excluding hydrogens is 633 g/mol. The Morgan fingerprint density at radius 3 is 2.32 bits per heavy atom. The summed E-state index contributed by atoms with van der Waals surface area (Å²) in [5.74, 6) is -1.46. The third-order valence-corrected chi connectivity index (χ3v) is 4.47. The Balaban J connectivity index is 0.000000234. The van der Waals surface area contributed by atoms with Gasteiger partial charge >= 0.3 is 26.3 Å². The zero-order valence-corrected chi connectivity index (χ0v) is 20.6. The van der Waals surface area contributed by atoms with Crippen molar-refractivity contribution in [1.29, 1.82) is 0 Å². The number of hydrogen-bond acceptors (Lipinski definition) is 5. The minimum atomic E-state index is -4.33. The van der Waals surface area contributed by atoms with Crippen molar-refractivity contribution in [2.75, 3.05) is 12.1 Å². The first-order valence-electron chi connectivity index (χ1n) is 9.74. The Morgan fingerprint density at radius 1 is 1.06 bits per heavy atom. The van der Waals surface area contributed by atoms with Crippen molar-refractivity contribution in [3.63, 3.8) is 0 Å². The predicted octanol–water partition coefficient (Wildman–Crippen LogP) is 5.66. The average Bonchev–Trinajstić information content (AvgIpc) is 3.20. The summed E-state index contributed by atoms with van der Waals surface area (Å²) in [4.78, 5) is 8.85. The van der Waals surface area contributed by atoms with Crippen molar-refractivity contribution in [2.45, 2.75) is 25.9 Å². The van der Waals surface area contributed by atoms with Crippen LogP contribution in [0.2, 0.25) is 0 Å². The summed E-state index contributed by atoms with van der Waals surface area (Å²) in [5, 5.41) is 5.39. The second-order valence-electron chi connectivity index (χ2n) is 7.33.